The molecule has 0 fully saturated rings. The molecular formula is C12H14O7. The Bertz CT molecular complexity index is 415. The minimum atomic E-state index is -2.29. The maximum Gasteiger partial charge on any atom is 0.345 e. The van der Waals surface area contributed by atoms with Crippen molar-refractivity contribution in [2.24, 2.45) is 0 Å². The van der Waals surface area contributed by atoms with Gasteiger partial charge in [-0.15, -0.1) is 0 Å². The molecule has 0 aromatic heterocycles. The topological polar surface area (TPSA) is 121 Å². The maximum absolute atomic E-state index is 10.4. The second-order valence-corrected chi connectivity index (χ2v) is 3.42. The summed E-state index contributed by atoms with van der Waals surface area (Å²) in [6.07, 6.45) is -4.55. The Morgan fingerprint density at radius 3 is 2.00 bits per heavy atom. The van der Waals surface area contributed by atoms with Crippen molar-refractivity contribution in [1.82, 2.24) is 0 Å². The molecule has 0 bridgehead atoms. The Morgan fingerprint density at radius 1 is 1.16 bits per heavy atom. The van der Waals surface area contributed by atoms with Gasteiger partial charge in [-0.3, -0.25) is 4.79 Å². The van der Waals surface area contributed by atoms with Crippen molar-refractivity contribution in [1.29, 1.82) is 0 Å². The SMILES string of the molecule is Cc1ccccc1.O=COC(=O)C(O)C(O)C(=O)O. The van der Waals surface area contributed by atoms with Crippen molar-refractivity contribution < 1.29 is 34.4 Å². The van der Waals surface area contributed by atoms with Crippen molar-refractivity contribution in [3.63, 3.8) is 0 Å². The lowest BCUT2D eigenvalue weighted by atomic mass is 10.2. The highest BCUT2D eigenvalue weighted by atomic mass is 16.6. The Kier molecular flexibility index (Phi) is 7.74. The molecule has 0 heterocycles. The number of carboxylic acid groups (broad SMARTS) is 1. The van der Waals surface area contributed by atoms with Crippen molar-refractivity contribution in [2.75, 3.05) is 0 Å². The first-order valence-electron chi connectivity index (χ1n) is 5.15. The summed E-state index contributed by atoms with van der Waals surface area (Å²) in [6, 6.07) is 10.3. The van der Waals surface area contributed by atoms with E-state index in [1.807, 2.05) is 18.2 Å². The van der Waals surface area contributed by atoms with Crippen LogP contribution in [0.3, 0.4) is 0 Å². The summed E-state index contributed by atoms with van der Waals surface area (Å²) >= 11 is 0. The van der Waals surface area contributed by atoms with E-state index in [1.54, 1.807) is 0 Å². The summed E-state index contributed by atoms with van der Waals surface area (Å²) < 4.78 is 3.58. The number of aliphatic hydroxyl groups is 2. The van der Waals surface area contributed by atoms with Crippen LogP contribution in [0, 0.1) is 6.92 Å². The first kappa shape index (κ1) is 16.8. The van der Waals surface area contributed by atoms with Crippen molar-refractivity contribution in [3.05, 3.63) is 35.9 Å². The van der Waals surface area contributed by atoms with Crippen molar-refractivity contribution in [3.8, 4) is 0 Å². The zero-order chi connectivity index (χ0) is 14.8. The largest absolute Gasteiger partial charge is 0.479 e. The summed E-state index contributed by atoms with van der Waals surface area (Å²) in [6.45, 7) is 1.81. The lowest BCUT2D eigenvalue weighted by Crippen LogP contribution is -2.40. The molecule has 1 rings (SSSR count). The van der Waals surface area contributed by atoms with Crippen LogP contribution in [0.25, 0.3) is 0 Å². The summed E-state index contributed by atoms with van der Waals surface area (Å²) in [5, 5.41) is 25.2. The molecule has 104 valence electrons. The van der Waals surface area contributed by atoms with Gasteiger partial charge in [0.2, 0.25) is 0 Å². The number of hydrogen-bond acceptors (Lipinski definition) is 6. The molecule has 0 saturated carbocycles. The molecule has 0 aliphatic heterocycles. The van der Waals surface area contributed by atoms with Gasteiger partial charge < -0.3 is 20.1 Å². The first-order chi connectivity index (χ1) is 8.90. The lowest BCUT2D eigenvalue weighted by Gasteiger charge is -2.09. The second kappa shape index (κ2) is 8.78. The third-order valence-corrected chi connectivity index (χ3v) is 1.90. The van der Waals surface area contributed by atoms with Crippen LogP contribution in [0.1, 0.15) is 5.56 Å². The summed E-state index contributed by atoms with van der Waals surface area (Å²) in [5.74, 6) is -3.30. The van der Waals surface area contributed by atoms with Gasteiger partial charge >= 0.3 is 18.4 Å². The van der Waals surface area contributed by atoms with Gasteiger partial charge in [-0.2, -0.15) is 0 Å². The fraction of sp³-hybridized carbons (Fsp3) is 0.250. The average molecular weight is 270 g/mol. The van der Waals surface area contributed by atoms with E-state index in [2.05, 4.69) is 23.8 Å². The Morgan fingerprint density at radius 2 is 1.68 bits per heavy atom. The minimum absolute atomic E-state index is 0.278. The van der Waals surface area contributed by atoms with E-state index in [9.17, 15) is 14.4 Å². The van der Waals surface area contributed by atoms with Gasteiger partial charge in [-0.1, -0.05) is 35.9 Å². The molecule has 0 aliphatic rings. The highest BCUT2D eigenvalue weighted by Crippen LogP contribution is 1.95. The van der Waals surface area contributed by atoms with Crippen molar-refractivity contribution in [2.45, 2.75) is 19.1 Å². The molecule has 7 nitrogen and oxygen atoms in total. The fourth-order valence-electron chi connectivity index (χ4n) is 0.915. The molecule has 3 N–H and O–H groups in total. The molecule has 1 aromatic carbocycles. The van der Waals surface area contributed by atoms with Gasteiger partial charge in [-0.25, -0.2) is 9.59 Å². The Labute approximate surface area is 109 Å². The molecule has 0 aliphatic carbocycles. The quantitative estimate of drug-likeness (QED) is 0.382. The normalized spacial score (nSPS) is 12.4. The monoisotopic (exact) mass is 270 g/mol. The van der Waals surface area contributed by atoms with E-state index in [1.165, 1.54) is 5.56 Å². The number of carboxylic acids is 1. The number of carbonyl (C=O) groups is 3. The van der Waals surface area contributed by atoms with Gasteiger partial charge in [0.15, 0.2) is 12.2 Å². The first-order valence-corrected chi connectivity index (χ1v) is 5.15. The third kappa shape index (κ3) is 6.92. The summed E-state index contributed by atoms with van der Waals surface area (Å²) in [5.41, 5.74) is 1.32. The van der Waals surface area contributed by atoms with Crippen LogP contribution in [0.15, 0.2) is 30.3 Å². The predicted octanol–water partition coefficient (Wildman–Crippen LogP) is -0.513. The number of carbonyl (C=O) groups excluding carboxylic acids is 2. The molecular weight excluding hydrogens is 256 g/mol. The maximum atomic E-state index is 10.4. The standard InChI is InChI=1S/C7H8.C5H6O7/c1-7-5-3-2-4-6-7;6-1-12-5(11)3(8)2(7)4(9)10/h2-6H,1H3;1-3,7-8H,(H,9,10). The zero-order valence-corrected chi connectivity index (χ0v) is 10.1. The third-order valence-electron chi connectivity index (χ3n) is 1.90. The molecule has 2 unspecified atom stereocenters. The molecule has 19 heavy (non-hydrogen) atoms. The zero-order valence-electron chi connectivity index (χ0n) is 10.1. The minimum Gasteiger partial charge on any atom is -0.479 e. The number of benzene rings is 1. The summed E-state index contributed by atoms with van der Waals surface area (Å²) in [4.78, 5) is 29.8. The van der Waals surface area contributed by atoms with Crippen molar-refractivity contribution >= 4 is 18.4 Å². The van der Waals surface area contributed by atoms with E-state index in [4.69, 9.17) is 15.3 Å². The Hall–Kier alpha value is -2.25. The number of aliphatic hydroxyl groups excluding tert-OH is 2. The van der Waals surface area contributed by atoms with Crippen LogP contribution in [0.2, 0.25) is 0 Å². The van der Waals surface area contributed by atoms with E-state index in [0.717, 1.165) is 0 Å². The van der Waals surface area contributed by atoms with E-state index in [-0.39, 0.29) is 6.47 Å². The number of ether oxygens (including phenoxy) is 1. The van der Waals surface area contributed by atoms with Gasteiger partial charge in [0.1, 0.15) is 0 Å². The van der Waals surface area contributed by atoms with Crippen LogP contribution in [-0.4, -0.2) is 45.9 Å². The predicted molar refractivity (Wildman–Crippen MR) is 63.0 cm³/mol. The van der Waals surface area contributed by atoms with E-state index in [0.29, 0.717) is 0 Å². The fourth-order valence-corrected chi connectivity index (χ4v) is 0.915. The van der Waals surface area contributed by atoms with E-state index < -0.39 is 24.1 Å². The molecule has 1 aromatic rings. The van der Waals surface area contributed by atoms with Gasteiger partial charge in [-0.05, 0) is 6.92 Å². The van der Waals surface area contributed by atoms with Crippen LogP contribution < -0.4 is 0 Å². The van der Waals surface area contributed by atoms with Crippen LogP contribution >= 0.6 is 0 Å². The van der Waals surface area contributed by atoms with Gasteiger partial charge in [0.25, 0.3) is 0 Å². The molecule has 0 radical (unpaired) electrons. The van der Waals surface area contributed by atoms with Crippen LogP contribution in [0.4, 0.5) is 0 Å². The molecule has 2 atom stereocenters. The lowest BCUT2D eigenvalue weighted by molar-refractivity contribution is -0.171. The summed E-state index contributed by atoms with van der Waals surface area (Å²) in [7, 11) is 0. The molecule has 0 spiro atoms. The average Bonchev–Trinajstić information content (AvgIpc) is 2.38. The number of hydrogen-bond donors (Lipinski definition) is 3. The number of esters is 1. The highest BCUT2D eigenvalue weighted by Gasteiger charge is 2.31. The van der Waals surface area contributed by atoms with Crippen LogP contribution in [-0.2, 0) is 19.1 Å². The molecule has 0 amide bonds. The van der Waals surface area contributed by atoms with Crippen LogP contribution in [0.5, 0.6) is 0 Å². The second-order valence-electron chi connectivity index (χ2n) is 3.42. The smallest absolute Gasteiger partial charge is 0.345 e. The number of aliphatic carboxylic acids is 1. The Balaban J connectivity index is 0.000000388. The molecule has 0 saturated heterocycles. The molecule has 7 heteroatoms. The highest BCUT2D eigenvalue weighted by molar-refractivity contribution is 5.86. The van der Waals surface area contributed by atoms with Gasteiger partial charge in [0, 0.05) is 0 Å². The number of aryl methyl sites for hydroxylation is 1. The van der Waals surface area contributed by atoms with Gasteiger partial charge in [0.05, 0.1) is 0 Å². The van der Waals surface area contributed by atoms with E-state index >= 15 is 0 Å². The number of rotatable bonds is 4.